The number of rotatable bonds is 4. The highest BCUT2D eigenvalue weighted by molar-refractivity contribution is 5.94. The van der Waals surface area contributed by atoms with Crippen molar-refractivity contribution in [1.82, 2.24) is 10.3 Å². The first-order chi connectivity index (χ1) is 13.2. The van der Waals surface area contributed by atoms with Crippen molar-refractivity contribution in [2.24, 2.45) is 5.92 Å². The van der Waals surface area contributed by atoms with Gasteiger partial charge in [0.15, 0.2) is 0 Å². The first-order valence-corrected chi connectivity index (χ1v) is 9.41. The fourth-order valence-corrected chi connectivity index (χ4v) is 3.93. The number of aryl methyl sites for hydroxylation is 2. The Kier molecular flexibility index (Phi) is 5.63. The highest BCUT2D eigenvalue weighted by Gasteiger charge is 2.34. The van der Waals surface area contributed by atoms with Crippen LogP contribution in [0.1, 0.15) is 65.0 Å². The molecular weight excluding hydrogens is 369 g/mol. The van der Waals surface area contributed by atoms with E-state index in [0.717, 1.165) is 48.9 Å². The van der Waals surface area contributed by atoms with Gasteiger partial charge in [-0.1, -0.05) is 37.1 Å². The number of fused-ring (bicyclic) bond motifs is 1. The van der Waals surface area contributed by atoms with Gasteiger partial charge in [0.05, 0.1) is 6.04 Å². The van der Waals surface area contributed by atoms with Crippen LogP contribution in [0.15, 0.2) is 35.1 Å². The molecule has 0 bridgehead atoms. The maximum Gasteiger partial charge on any atom is 0.431 e. The quantitative estimate of drug-likeness (QED) is 0.803. The van der Waals surface area contributed by atoms with E-state index < -0.39 is 23.3 Å². The molecule has 3 rings (SSSR count). The zero-order valence-corrected chi connectivity index (χ0v) is 15.8. The Hall–Kier alpha value is -2.57. The molecule has 1 heterocycles. The lowest BCUT2D eigenvalue weighted by Crippen LogP contribution is -2.38. The van der Waals surface area contributed by atoms with Crippen LogP contribution in [0.2, 0.25) is 0 Å². The van der Waals surface area contributed by atoms with Gasteiger partial charge in [-0.25, -0.2) is 0 Å². The van der Waals surface area contributed by atoms with E-state index >= 15 is 0 Å². The molecule has 0 aliphatic heterocycles. The summed E-state index contributed by atoms with van der Waals surface area (Å²) in [6.45, 7) is 4.08. The number of hydrogen-bond donors (Lipinski definition) is 2. The third-order valence-corrected chi connectivity index (χ3v) is 5.29. The van der Waals surface area contributed by atoms with Gasteiger partial charge in [-0.2, -0.15) is 13.2 Å². The van der Waals surface area contributed by atoms with Crippen LogP contribution < -0.4 is 10.9 Å². The van der Waals surface area contributed by atoms with E-state index in [1.807, 2.05) is 19.1 Å². The molecule has 7 heteroatoms. The predicted octanol–water partition coefficient (Wildman–Crippen LogP) is 4.54. The molecule has 4 nitrogen and oxygen atoms in total. The highest BCUT2D eigenvalue weighted by atomic mass is 19.4. The number of aromatic amines is 1. The van der Waals surface area contributed by atoms with Gasteiger partial charge >= 0.3 is 6.18 Å². The zero-order chi connectivity index (χ0) is 20.5. The molecule has 2 atom stereocenters. The summed E-state index contributed by atoms with van der Waals surface area (Å²) in [6.07, 6.45) is -0.950. The summed E-state index contributed by atoms with van der Waals surface area (Å²) < 4.78 is 38.2. The van der Waals surface area contributed by atoms with Crippen LogP contribution in [-0.2, 0) is 12.6 Å². The molecule has 2 unspecified atom stereocenters. The van der Waals surface area contributed by atoms with E-state index in [9.17, 15) is 22.8 Å². The Morgan fingerprint density at radius 2 is 2.00 bits per heavy atom. The molecule has 150 valence electrons. The molecule has 1 amide bonds. The van der Waals surface area contributed by atoms with Crippen LogP contribution in [0.3, 0.4) is 0 Å². The third-order valence-electron chi connectivity index (χ3n) is 5.29. The average molecular weight is 392 g/mol. The van der Waals surface area contributed by atoms with E-state index in [0.29, 0.717) is 0 Å². The maximum atomic E-state index is 12.7. The zero-order valence-electron chi connectivity index (χ0n) is 15.8. The monoisotopic (exact) mass is 392 g/mol. The van der Waals surface area contributed by atoms with Gasteiger partial charge in [-0.3, -0.25) is 9.59 Å². The Balaban J connectivity index is 1.90. The Morgan fingerprint density at radius 3 is 2.64 bits per heavy atom. The first-order valence-electron chi connectivity index (χ1n) is 9.41. The molecule has 0 spiro atoms. The topological polar surface area (TPSA) is 62.0 Å². The van der Waals surface area contributed by atoms with Gasteiger partial charge < -0.3 is 10.3 Å². The van der Waals surface area contributed by atoms with Crippen molar-refractivity contribution >= 4 is 5.91 Å². The minimum absolute atomic E-state index is 0.220. The van der Waals surface area contributed by atoms with Gasteiger partial charge in [0.2, 0.25) is 0 Å². The van der Waals surface area contributed by atoms with Crippen LogP contribution in [0.4, 0.5) is 13.2 Å². The summed E-state index contributed by atoms with van der Waals surface area (Å²) >= 11 is 0. The van der Waals surface area contributed by atoms with Crippen molar-refractivity contribution in [3.05, 3.63) is 68.6 Å². The number of carbonyl (C=O) groups excluding carboxylic acids is 1. The van der Waals surface area contributed by atoms with Crippen LogP contribution in [0, 0.1) is 12.8 Å². The molecule has 2 N–H and O–H groups in total. The predicted molar refractivity (Wildman–Crippen MR) is 100 cm³/mol. The second kappa shape index (κ2) is 7.81. The highest BCUT2D eigenvalue weighted by Crippen LogP contribution is 2.37. The second-order valence-corrected chi connectivity index (χ2v) is 7.35. The van der Waals surface area contributed by atoms with Gasteiger partial charge in [0, 0.05) is 0 Å². The van der Waals surface area contributed by atoms with Crippen LogP contribution in [0.5, 0.6) is 0 Å². The SMILES string of the molecule is CCCC1CCc2cc(C)ccc2C1NC(=O)c1ccc(C(F)(F)F)[nH]c1=O. The molecule has 0 saturated carbocycles. The Bertz CT molecular complexity index is 934. The number of halogens is 3. The van der Waals surface area contributed by atoms with Crippen molar-refractivity contribution in [2.75, 3.05) is 0 Å². The van der Waals surface area contributed by atoms with E-state index in [-0.39, 0.29) is 17.5 Å². The van der Waals surface area contributed by atoms with Gasteiger partial charge in [0.1, 0.15) is 11.3 Å². The molecule has 1 aromatic carbocycles. The number of H-pyrrole nitrogens is 1. The van der Waals surface area contributed by atoms with Crippen LogP contribution in [0.25, 0.3) is 0 Å². The molecule has 1 aromatic heterocycles. The average Bonchev–Trinajstić information content (AvgIpc) is 2.62. The summed E-state index contributed by atoms with van der Waals surface area (Å²) in [4.78, 5) is 26.5. The lowest BCUT2D eigenvalue weighted by molar-refractivity contribution is -0.141. The summed E-state index contributed by atoms with van der Waals surface area (Å²) in [7, 11) is 0. The molecular formula is C21H23F3N2O2. The summed E-state index contributed by atoms with van der Waals surface area (Å²) in [6, 6.07) is 7.47. The van der Waals surface area contributed by atoms with Crippen LogP contribution >= 0.6 is 0 Å². The number of nitrogens with one attached hydrogen (secondary N) is 2. The lowest BCUT2D eigenvalue weighted by Gasteiger charge is -2.34. The fourth-order valence-electron chi connectivity index (χ4n) is 3.93. The number of aromatic nitrogens is 1. The van der Waals surface area contributed by atoms with Gasteiger partial charge in [-0.05, 0) is 55.4 Å². The van der Waals surface area contributed by atoms with Gasteiger partial charge in [-0.15, -0.1) is 0 Å². The van der Waals surface area contributed by atoms with Gasteiger partial charge in [0.25, 0.3) is 11.5 Å². The van der Waals surface area contributed by atoms with E-state index in [1.54, 1.807) is 4.98 Å². The van der Waals surface area contributed by atoms with Crippen molar-refractivity contribution in [3.8, 4) is 0 Å². The van der Waals surface area contributed by atoms with Crippen molar-refractivity contribution < 1.29 is 18.0 Å². The Morgan fingerprint density at radius 1 is 1.25 bits per heavy atom. The minimum Gasteiger partial charge on any atom is -0.345 e. The van der Waals surface area contributed by atoms with Crippen LogP contribution in [-0.4, -0.2) is 10.9 Å². The molecule has 1 aliphatic carbocycles. The molecule has 0 fully saturated rings. The first kappa shape index (κ1) is 20.2. The summed E-state index contributed by atoms with van der Waals surface area (Å²) in [5, 5.41) is 2.90. The lowest BCUT2D eigenvalue weighted by atomic mass is 9.77. The number of benzene rings is 1. The third kappa shape index (κ3) is 4.13. The molecule has 0 saturated heterocycles. The summed E-state index contributed by atoms with van der Waals surface area (Å²) in [5.74, 6) is -0.438. The van der Waals surface area contributed by atoms with Crippen molar-refractivity contribution in [1.29, 1.82) is 0 Å². The molecule has 28 heavy (non-hydrogen) atoms. The van der Waals surface area contributed by atoms with Crippen molar-refractivity contribution in [2.45, 2.75) is 51.7 Å². The molecule has 1 aliphatic rings. The number of hydrogen-bond acceptors (Lipinski definition) is 2. The smallest absolute Gasteiger partial charge is 0.345 e. The van der Waals surface area contributed by atoms with E-state index in [2.05, 4.69) is 18.3 Å². The number of carbonyl (C=O) groups is 1. The largest absolute Gasteiger partial charge is 0.431 e. The van der Waals surface area contributed by atoms with Crippen molar-refractivity contribution in [3.63, 3.8) is 0 Å². The fraction of sp³-hybridized carbons (Fsp3) is 0.429. The normalized spacial score (nSPS) is 19.2. The number of amides is 1. The second-order valence-electron chi connectivity index (χ2n) is 7.35. The molecule has 0 radical (unpaired) electrons. The van der Waals surface area contributed by atoms with E-state index in [4.69, 9.17) is 0 Å². The number of alkyl halides is 3. The standard InChI is InChI=1S/C21H23F3N2O2/c1-3-4-13-6-7-14-11-12(2)5-8-15(14)18(13)26-20(28)16-9-10-17(21(22,23)24)25-19(16)27/h5,8-11,13,18H,3-4,6-7H2,1-2H3,(H,25,27)(H,26,28). The Labute approximate surface area is 161 Å². The number of pyridine rings is 1. The summed E-state index contributed by atoms with van der Waals surface area (Å²) in [5.41, 5.74) is 0.793. The minimum atomic E-state index is -4.67. The van der Waals surface area contributed by atoms with E-state index in [1.165, 1.54) is 5.56 Å². The molecule has 2 aromatic rings. The maximum absolute atomic E-state index is 12.7.